The van der Waals surface area contributed by atoms with E-state index in [-0.39, 0.29) is 39.4 Å². The molecule has 0 spiro atoms. The number of carbonyl (C=O) groups is 4. The molecule has 7 aliphatic rings. The lowest BCUT2D eigenvalue weighted by molar-refractivity contribution is -0.339. The highest BCUT2D eigenvalue weighted by Gasteiger charge is 2.70. The molecule has 19 nitrogen and oxygen atoms in total. The van der Waals surface area contributed by atoms with Crippen LogP contribution in [0, 0.1) is 50.2 Å². The number of hydrogen-bond donors (Lipinski definition) is 9. The largest absolute Gasteiger partial charge is 0.480 e. The van der Waals surface area contributed by atoms with Gasteiger partial charge in [0.2, 0.25) is 6.29 Å². The van der Waals surface area contributed by atoms with Gasteiger partial charge < -0.3 is 74.4 Å². The molecule has 2 aliphatic heterocycles. The molecule has 0 aromatic heterocycles. The number of aliphatic carboxylic acids is 3. The maximum absolute atomic E-state index is 14.6. The van der Waals surface area contributed by atoms with Crippen LogP contribution in [0.25, 0.3) is 0 Å². The molecular formula is C46H70O19. The molecule has 0 amide bonds. The molecule has 65 heavy (non-hydrogen) atoms. The summed E-state index contributed by atoms with van der Waals surface area (Å²) < 4.78 is 33.9. The van der Waals surface area contributed by atoms with Crippen LogP contribution in [0.3, 0.4) is 0 Å². The van der Waals surface area contributed by atoms with Gasteiger partial charge >= 0.3 is 23.9 Å². The maximum Gasteiger partial charge on any atom is 0.361 e. The zero-order chi connectivity index (χ0) is 48.0. The number of carbonyl (C=O) groups excluding carboxylic acids is 1. The first-order chi connectivity index (χ1) is 30.2. The van der Waals surface area contributed by atoms with Gasteiger partial charge in [-0.2, -0.15) is 0 Å². The van der Waals surface area contributed by atoms with Crippen LogP contribution in [-0.4, -0.2) is 157 Å². The van der Waals surface area contributed by atoms with Crippen molar-refractivity contribution in [2.75, 3.05) is 13.2 Å². The number of hydrogen-bond acceptors (Lipinski definition) is 16. The molecule has 6 fully saturated rings. The molecule has 368 valence electrons. The van der Waals surface area contributed by atoms with Crippen LogP contribution in [-0.2, 0) is 47.6 Å². The Kier molecular flexibility index (Phi) is 13.6. The molecule has 7 rings (SSSR count). The summed E-state index contributed by atoms with van der Waals surface area (Å²) in [6.07, 6.45) is -10.9. The average molecular weight is 927 g/mol. The Morgan fingerprint density at radius 2 is 1.45 bits per heavy atom. The summed E-state index contributed by atoms with van der Waals surface area (Å²) in [5.74, 6) is -5.31. The van der Waals surface area contributed by atoms with Crippen molar-refractivity contribution in [2.45, 2.75) is 186 Å². The van der Waals surface area contributed by atoms with Crippen molar-refractivity contribution in [3.63, 3.8) is 0 Å². The lowest BCUT2D eigenvalue weighted by atomic mass is 9.33. The fourth-order valence-electron chi connectivity index (χ4n) is 14.1. The monoisotopic (exact) mass is 926 g/mol. The van der Waals surface area contributed by atoms with Crippen LogP contribution in [0.4, 0.5) is 0 Å². The van der Waals surface area contributed by atoms with Crippen molar-refractivity contribution in [3.8, 4) is 0 Å². The maximum atomic E-state index is 14.6. The van der Waals surface area contributed by atoms with Crippen molar-refractivity contribution in [1.82, 2.24) is 0 Å². The molecule has 5 aliphatic carbocycles. The Balaban J connectivity index is 1.13. The smallest absolute Gasteiger partial charge is 0.361 e. The second kappa shape index (κ2) is 17.6. The second-order valence-electron chi connectivity index (χ2n) is 22.2. The van der Waals surface area contributed by atoms with E-state index in [0.717, 1.165) is 32.1 Å². The van der Waals surface area contributed by atoms with Gasteiger partial charge in [0.15, 0.2) is 12.4 Å². The third-order valence-corrected chi connectivity index (χ3v) is 18.0. The van der Waals surface area contributed by atoms with Gasteiger partial charge in [-0.1, -0.05) is 60.1 Å². The number of allylic oxidation sites excluding steroid dienone is 2. The first kappa shape index (κ1) is 50.1. The fraction of sp³-hybridized carbons (Fsp3) is 0.870. The Bertz CT molecular complexity index is 1870. The van der Waals surface area contributed by atoms with Gasteiger partial charge in [-0.3, -0.25) is 4.79 Å². The topological polar surface area (TPSA) is 306 Å². The van der Waals surface area contributed by atoms with Crippen molar-refractivity contribution in [3.05, 3.63) is 11.6 Å². The summed E-state index contributed by atoms with van der Waals surface area (Å²) in [4.78, 5) is 49.9. The highest BCUT2D eigenvalue weighted by molar-refractivity contribution is 5.79. The predicted molar refractivity (Wildman–Crippen MR) is 222 cm³/mol. The molecule has 0 bridgehead atoms. The summed E-state index contributed by atoms with van der Waals surface area (Å²) in [6.45, 7) is 14.0. The van der Waals surface area contributed by atoms with Crippen molar-refractivity contribution < 1.29 is 93.6 Å². The van der Waals surface area contributed by atoms with E-state index in [2.05, 4.69) is 54.5 Å². The summed E-state index contributed by atoms with van der Waals surface area (Å²) in [7, 11) is 0. The molecule has 0 aromatic rings. The highest BCUT2D eigenvalue weighted by atomic mass is 16.7. The van der Waals surface area contributed by atoms with Gasteiger partial charge in [0.05, 0.1) is 18.1 Å². The second-order valence-corrected chi connectivity index (χ2v) is 22.2. The molecule has 2 saturated heterocycles. The van der Waals surface area contributed by atoms with E-state index in [1.54, 1.807) is 0 Å². The van der Waals surface area contributed by atoms with E-state index in [0.29, 0.717) is 32.1 Å². The van der Waals surface area contributed by atoms with Gasteiger partial charge in [-0.05, 0) is 109 Å². The third-order valence-electron chi connectivity index (χ3n) is 18.0. The van der Waals surface area contributed by atoms with Crippen LogP contribution in [0.5, 0.6) is 0 Å². The van der Waals surface area contributed by atoms with E-state index in [1.807, 2.05) is 0 Å². The quantitative estimate of drug-likeness (QED) is 0.0585. The predicted octanol–water partition coefficient (Wildman–Crippen LogP) is 1.94. The molecular weight excluding hydrogens is 856 g/mol. The number of fused-ring (bicyclic) bond motifs is 7. The molecule has 0 unspecified atom stereocenters. The molecule has 4 saturated carbocycles. The summed E-state index contributed by atoms with van der Waals surface area (Å²) in [5, 5.41) is 92.4. The van der Waals surface area contributed by atoms with E-state index in [1.165, 1.54) is 5.57 Å². The van der Waals surface area contributed by atoms with Gasteiger partial charge in [-0.25, -0.2) is 14.4 Å². The molecule has 0 radical (unpaired) electrons. The number of carboxylic acids is 3. The number of aliphatic hydroxyl groups is 6. The van der Waals surface area contributed by atoms with Gasteiger partial charge in [-0.15, -0.1) is 0 Å². The van der Waals surface area contributed by atoms with Crippen LogP contribution >= 0.6 is 0 Å². The minimum atomic E-state index is -2.26. The Labute approximate surface area is 378 Å². The molecule has 19 atom stereocenters. The van der Waals surface area contributed by atoms with E-state index >= 15 is 0 Å². The first-order valence-electron chi connectivity index (χ1n) is 23.0. The normalized spacial score (nSPS) is 47.1. The number of aliphatic hydroxyl groups excluding tert-OH is 6. The molecule has 0 aromatic carbocycles. The minimum absolute atomic E-state index is 0.0737. The van der Waals surface area contributed by atoms with E-state index < -0.39 is 122 Å². The Morgan fingerprint density at radius 1 is 0.769 bits per heavy atom. The van der Waals surface area contributed by atoms with E-state index in [9.17, 15) is 60.0 Å². The zero-order valence-corrected chi connectivity index (χ0v) is 38.3. The lowest BCUT2D eigenvalue weighted by Gasteiger charge is -2.71. The number of esters is 1. The molecule has 19 heteroatoms. The van der Waals surface area contributed by atoms with Crippen molar-refractivity contribution in [2.24, 2.45) is 50.2 Å². The van der Waals surface area contributed by atoms with Crippen molar-refractivity contribution in [1.29, 1.82) is 0 Å². The van der Waals surface area contributed by atoms with Crippen LogP contribution in [0.2, 0.25) is 0 Å². The first-order valence-corrected chi connectivity index (χ1v) is 23.0. The highest BCUT2D eigenvalue weighted by Crippen LogP contribution is 2.76. The van der Waals surface area contributed by atoms with Gasteiger partial charge in [0, 0.05) is 0 Å². The van der Waals surface area contributed by atoms with Crippen LogP contribution in [0.15, 0.2) is 11.6 Å². The molecule has 2 heterocycles. The van der Waals surface area contributed by atoms with Crippen LogP contribution in [0.1, 0.15) is 113 Å². The number of rotatable bonds is 12. The minimum Gasteiger partial charge on any atom is -0.480 e. The zero-order valence-electron chi connectivity index (χ0n) is 38.3. The summed E-state index contributed by atoms with van der Waals surface area (Å²) in [5.41, 5.74) is -1.08. The van der Waals surface area contributed by atoms with Gasteiger partial charge in [0.25, 0.3) is 6.29 Å². The summed E-state index contributed by atoms with van der Waals surface area (Å²) >= 11 is 0. The summed E-state index contributed by atoms with van der Waals surface area (Å²) in [6, 6.07) is 0. The van der Waals surface area contributed by atoms with Crippen LogP contribution < -0.4 is 0 Å². The molecule has 9 N–H and O–H groups in total. The Morgan fingerprint density at radius 3 is 2.08 bits per heavy atom. The SMILES string of the molecule is CC1(C)CC[C@]2(C(=O)O[C@@H]3O[C@H](CO)[C@@H](O)[C@H](O)[C@H]3O)CC[C@]3(C)C(=CC[C@@H]4[C@@]5(C)CC[C@H](O[C@@H]6O[C@H](C(=O)O)[C@@H](O)[C@H](O[C@H](OCC(=O)O)C(=O)O)[C@H]6O)C(C)(C)[C@@H]5CC[C@]43C)[C@@H]2C1. The van der Waals surface area contributed by atoms with E-state index in [4.69, 9.17) is 33.5 Å². The van der Waals surface area contributed by atoms with Crippen molar-refractivity contribution >= 4 is 23.9 Å². The third kappa shape index (κ3) is 8.25. The number of ether oxygens (including phenoxy) is 6. The van der Waals surface area contributed by atoms with Gasteiger partial charge in [0.1, 0.15) is 49.3 Å². The number of carboxylic acid groups (broad SMARTS) is 3. The lowest BCUT2D eigenvalue weighted by Crippen LogP contribution is -2.66. The standard InChI is InChI=1S/C46H70O19/c1-41(2)14-16-46(40(59)65-37-30(52)29(51)28(50)23(19-47)61-37)17-15-44(6)21(22(46)18-41)8-9-25-43(5)12-11-26(42(3,4)24(43)10-13-45(25,44)7)62-38-32(54)33(31(53)34(64-38)35(55)56)63-39(36(57)58)60-20-27(48)49/h8,22-26,28-34,37-39,47,50-54H,9-20H2,1-7H3,(H,48,49)(H,55,56)(H,57,58)/t22-,23+,24-,25+,26-,28+,29-,30+,31-,32+,33-,34-,37-,38+,39-,43-,44+,45+,46-/m0/s1. The Hall–Kier alpha value is -2.82. The average Bonchev–Trinajstić information content (AvgIpc) is 3.22. The fourth-order valence-corrected chi connectivity index (χ4v) is 14.1.